The van der Waals surface area contributed by atoms with Crippen molar-refractivity contribution in [2.45, 2.75) is 9.79 Å². The average Bonchev–Trinajstić information content (AvgIpc) is 2.25. The second-order valence-corrected chi connectivity index (χ2v) is 4.24. The van der Waals surface area contributed by atoms with Crippen LogP contribution in [0.15, 0.2) is 58.3 Å². The van der Waals surface area contributed by atoms with E-state index in [0.717, 1.165) is 9.79 Å². The number of hydrogen-bond acceptors (Lipinski definition) is 3. The van der Waals surface area contributed by atoms with Gasteiger partial charge in [0.25, 0.3) is 0 Å². The first kappa shape index (κ1) is 13.5. The van der Waals surface area contributed by atoms with Crippen LogP contribution in [0.25, 0.3) is 0 Å². The van der Waals surface area contributed by atoms with Gasteiger partial charge in [0.05, 0.1) is 0 Å². The molecular weight excluding hydrogens is 231 g/mol. The van der Waals surface area contributed by atoms with E-state index in [1.165, 1.54) is 0 Å². The van der Waals surface area contributed by atoms with Crippen LogP contribution in [0.1, 0.15) is 0 Å². The van der Waals surface area contributed by atoms with E-state index in [4.69, 9.17) is 10.2 Å². The molecule has 0 fully saturated rings. The summed E-state index contributed by atoms with van der Waals surface area (Å²) in [5.74, 6) is 0.537. The molecule has 0 aliphatic rings. The zero-order valence-corrected chi connectivity index (χ0v) is 11.7. The van der Waals surface area contributed by atoms with Crippen molar-refractivity contribution in [1.29, 1.82) is 0 Å². The fourth-order valence-electron chi connectivity index (χ4n) is 1.16. The van der Waals surface area contributed by atoms with Gasteiger partial charge in [0.1, 0.15) is 11.5 Å². The topological polar surface area (TPSA) is 40.5 Å². The molecule has 16 heavy (non-hydrogen) atoms. The predicted octanol–water partition coefficient (Wildman–Crippen LogP) is 2.87. The Kier molecular flexibility index (Phi) is 5.22. The van der Waals surface area contributed by atoms with Gasteiger partial charge in [-0.1, -0.05) is 11.8 Å². The van der Waals surface area contributed by atoms with Crippen LogP contribution < -0.4 is 0 Å². The van der Waals surface area contributed by atoms with Crippen molar-refractivity contribution in [2.75, 3.05) is 0 Å². The van der Waals surface area contributed by atoms with E-state index in [0.29, 0.717) is 0 Å². The van der Waals surface area contributed by atoms with Crippen LogP contribution in [0.2, 0.25) is 0 Å². The molecule has 0 spiro atoms. The molecule has 0 bridgehead atoms. The molecule has 2 aromatic carbocycles. The van der Waals surface area contributed by atoms with E-state index in [2.05, 4.69) is 0 Å². The van der Waals surface area contributed by atoms with Crippen molar-refractivity contribution in [3.63, 3.8) is 0 Å². The number of rotatable bonds is 2. The SMILES string of the molecule is Oc1ccc(Sc2ccc(O)cc2)cc1.[Na]. The van der Waals surface area contributed by atoms with E-state index in [1.54, 1.807) is 36.0 Å². The summed E-state index contributed by atoms with van der Waals surface area (Å²) in [6.45, 7) is 0. The first-order chi connectivity index (χ1) is 7.24. The fourth-order valence-corrected chi connectivity index (χ4v) is 1.98. The van der Waals surface area contributed by atoms with Crippen LogP contribution in [0, 0.1) is 0 Å². The molecule has 0 heterocycles. The molecule has 77 valence electrons. The van der Waals surface area contributed by atoms with Gasteiger partial charge in [-0.2, -0.15) is 0 Å². The Morgan fingerprint density at radius 2 is 0.938 bits per heavy atom. The zero-order chi connectivity index (χ0) is 10.7. The Morgan fingerprint density at radius 1 is 0.625 bits per heavy atom. The number of benzene rings is 2. The van der Waals surface area contributed by atoms with E-state index >= 15 is 0 Å². The third kappa shape index (κ3) is 3.76. The Balaban J connectivity index is 0.00000128. The second kappa shape index (κ2) is 6.21. The van der Waals surface area contributed by atoms with Gasteiger partial charge in [-0.15, -0.1) is 0 Å². The normalized spacial score (nSPS) is 9.50. The maximum absolute atomic E-state index is 9.12. The number of phenols is 2. The molecule has 2 rings (SSSR count). The maximum Gasteiger partial charge on any atom is 0.115 e. The smallest absolute Gasteiger partial charge is 0.115 e. The first-order valence-corrected chi connectivity index (χ1v) is 5.31. The van der Waals surface area contributed by atoms with Gasteiger partial charge in [0.15, 0.2) is 0 Å². The largest absolute Gasteiger partial charge is 0.508 e. The fraction of sp³-hybridized carbons (Fsp3) is 0. The molecule has 1 radical (unpaired) electrons. The van der Waals surface area contributed by atoms with Crippen LogP contribution >= 0.6 is 11.8 Å². The molecule has 0 aliphatic heterocycles. The minimum Gasteiger partial charge on any atom is -0.508 e. The first-order valence-electron chi connectivity index (χ1n) is 4.50. The van der Waals surface area contributed by atoms with Crippen LogP contribution in [0.4, 0.5) is 0 Å². The molecule has 2 nitrogen and oxygen atoms in total. The van der Waals surface area contributed by atoms with Crippen molar-refractivity contribution in [3.05, 3.63) is 48.5 Å². The predicted molar refractivity (Wildman–Crippen MR) is 66.1 cm³/mol. The quantitative estimate of drug-likeness (QED) is 0.794. The molecule has 2 aromatic rings. The van der Waals surface area contributed by atoms with Crippen LogP contribution in [-0.2, 0) is 0 Å². The molecule has 0 unspecified atom stereocenters. The van der Waals surface area contributed by atoms with Crippen molar-refractivity contribution >= 4 is 41.3 Å². The van der Waals surface area contributed by atoms with E-state index in [1.807, 2.05) is 24.3 Å². The van der Waals surface area contributed by atoms with Crippen LogP contribution in [0.5, 0.6) is 11.5 Å². The van der Waals surface area contributed by atoms with Crippen LogP contribution in [0.3, 0.4) is 0 Å². The molecule has 0 atom stereocenters. The van der Waals surface area contributed by atoms with Gasteiger partial charge >= 0.3 is 0 Å². The van der Waals surface area contributed by atoms with Gasteiger partial charge in [-0.25, -0.2) is 0 Å². The summed E-state index contributed by atoms with van der Waals surface area (Å²) in [6.07, 6.45) is 0. The van der Waals surface area contributed by atoms with Gasteiger partial charge in [0.2, 0.25) is 0 Å². The third-order valence-corrected chi connectivity index (χ3v) is 2.92. The third-order valence-electron chi connectivity index (χ3n) is 1.91. The van der Waals surface area contributed by atoms with Crippen molar-refractivity contribution in [2.24, 2.45) is 0 Å². The molecule has 0 aromatic heterocycles. The summed E-state index contributed by atoms with van der Waals surface area (Å²) in [7, 11) is 0. The minimum absolute atomic E-state index is 0. The monoisotopic (exact) mass is 241 g/mol. The van der Waals surface area contributed by atoms with Gasteiger partial charge in [-0.3, -0.25) is 0 Å². The summed E-state index contributed by atoms with van der Waals surface area (Å²) in [4.78, 5) is 2.11. The molecule has 2 N–H and O–H groups in total. The second-order valence-electron chi connectivity index (χ2n) is 3.09. The summed E-state index contributed by atoms with van der Waals surface area (Å²) in [6, 6.07) is 14.0. The molecule has 0 saturated carbocycles. The number of phenolic OH excluding ortho intramolecular Hbond substituents is 2. The molecule has 0 saturated heterocycles. The average molecular weight is 241 g/mol. The Morgan fingerprint density at radius 3 is 1.25 bits per heavy atom. The summed E-state index contributed by atoms with van der Waals surface area (Å²) >= 11 is 1.58. The van der Waals surface area contributed by atoms with E-state index < -0.39 is 0 Å². The molecule has 4 heteroatoms. The summed E-state index contributed by atoms with van der Waals surface area (Å²) in [5.41, 5.74) is 0. The summed E-state index contributed by atoms with van der Waals surface area (Å²) in [5, 5.41) is 18.2. The summed E-state index contributed by atoms with van der Waals surface area (Å²) < 4.78 is 0. The van der Waals surface area contributed by atoms with Crippen molar-refractivity contribution < 1.29 is 10.2 Å². The van der Waals surface area contributed by atoms with Crippen molar-refractivity contribution in [1.82, 2.24) is 0 Å². The number of aromatic hydroxyl groups is 2. The molecular formula is C12H10NaO2S. The molecule has 0 aliphatic carbocycles. The van der Waals surface area contributed by atoms with Crippen LogP contribution in [-0.4, -0.2) is 39.8 Å². The Labute approximate surface area is 121 Å². The standard InChI is InChI=1S/C12H10O2S.Na/c13-9-1-5-11(6-2-9)15-12-7-3-10(14)4-8-12;/h1-8,13-14H;. The molecule has 0 amide bonds. The van der Waals surface area contributed by atoms with Crippen molar-refractivity contribution in [3.8, 4) is 11.5 Å². The minimum atomic E-state index is 0. The Bertz CT molecular complexity index is 396. The van der Waals surface area contributed by atoms with E-state index in [9.17, 15) is 0 Å². The Hall–Kier alpha value is -0.610. The van der Waals surface area contributed by atoms with Gasteiger partial charge < -0.3 is 10.2 Å². The van der Waals surface area contributed by atoms with Gasteiger partial charge in [0, 0.05) is 39.3 Å². The zero-order valence-electron chi connectivity index (χ0n) is 8.92. The van der Waals surface area contributed by atoms with E-state index in [-0.39, 0.29) is 41.1 Å². The maximum atomic E-state index is 9.12. The number of hydrogen-bond donors (Lipinski definition) is 2. The van der Waals surface area contributed by atoms with Gasteiger partial charge in [-0.05, 0) is 48.5 Å².